The van der Waals surface area contributed by atoms with Gasteiger partial charge < -0.3 is 9.47 Å². The highest BCUT2D eigenvalue weighted by molar-refractivity contribution is 6.08. The predicted molar refractivity (Wildman–Crippen MR) is 101 cm³/mol. The Balaban J connectivity index is 2.12. The lowest BCUT2D eigenvalue weighted by Gasteiger charge is -2.23. The van der Waals surface area contributed by atoms with Crippen LogP contribution < -0.4 is 0 Å². The van der Waals surface area contributed by atoms with Crippen LogP contribution in [0.15, 0.2) is 54.6 Å². The van der Waals surface area contributed by atoms with E-state index in [1.807, 2.05) is 68.4 Å². The fraction of sp³-hybridized carbons (Fsp3) is 0.364. The molecule has 138 valence electrons. The molecule has 0 saturated carbocycles. The van der Waals surface area contributed by atoms with Crippen LogP contribution >= 0.6 is 0 Å². The summed E-state index contributed by atoms with van der Waals surface area (Å²) in [5.74, 6) is -0.244. The highest BCUT2D eigenvalue weighted by atomic mass is 16.5. The average molecular weight is 354 g/mol. The molecule has 4 nitrogen and oxygen atoms in total. The SMILES string of the molecule is CCOC(=O)C[C@H](OCC)[C@@H](C)c1ccc(C(=O)c2ccccc2)cc1. The third-order valence-electron chi connectivity index (χ3n) is 4.35. The minimum Gasteiger partial charge on any atom is -0.466 e. The number of ether oxygens (including phenoxy) is 2. The van der Waals surface area contributed by atoms with E-state index in [-0.39, 0.29) is 30.2 Å². The van der Waals surface area contributed by atoms with Crippen LogP contribution in [0, 0.1) is 0 Å². The van der Waals surface area contributed by atoms with Gasteiger partial charge in [-0.2, -0.15) is 0 Å². The van der Waals surface area contributed by atoms with Gasteiger partial charge >= 0.3 is 5.97 Å². The minimum atomic E-state index is -0.256. The van der Waals surface area contributed by atoms with Crippen LogP contribution in [0.25, 0.3) is 0 Å². The second-order valence-corrected chi connectivity index (χ2v) is 6.11. The van der Waals surface area contributed by atoms with Crippen LogP contribution in [0.4, 0.5) is 0 Å². The number of hydrogen-bond acceptors (Lipinski definition) is 4. The van der Waals surface area contributed by atoms with Crippen LogP contribution in [0.5, 0.6) is 0 Å². The molecule has 2 atom stereocenters. The summed E-state index contributed by atoms with van der Waals surface area (Å²) in [5, 5.41) is 0. The van der Waals surface area contributed by atoms with E-state index in [1.165, 1.54) is 0 Å². The summed E-state index contributed by atoms with van der Waals surface area (Å²) in [6, 6.07) is 16.7. The molecule has 0 heterocycles. The van der Waals surface area contributed by atoms with Gasteiger partial charge in [-0.05, 0) is 19.4 Å². The molecule has 2 aromatic carbocycles. The maximum absolute atomic E-state index is 12.5. The van der Waals surface area contributed by atoms with E-state index < -0.39 is 0 Å². The van der Waals surface area contributed by atoms with Crippen molar-refractivity contribution in [2.45, 2.75) is 39.2 Å². The van der Waals surface area contributed by atoms with Crippen molar-refractivity contribution in [1.82, 2.24) is 0 Å². The number of ketones is 1. The molecule has 0 aliphatic heterocycles. The molecular weight excluding hydrogens is 328 g/mol. The summed E-state index contributed by atoms with van der Waals surface area (Å²) in [6.07, 6.45) is -0.0391. The highest BCUT2D eigenvalue weighted by Gasteiger charge is 2.23. The number of carbonyl (C=O) groups excluding carboxylic acids is 2. The van der Waals surface area contributed by atoms with Crippen LogP contribution in [0.3, 0.4) is 0 Å². The van der Waals surface area contributed by atoms with Crippen molar-refractivity contribution in [3.8, 4) is 0 Å². The van der Waals surface area contributed by atoms with E-state index in [1.54, 1.807) is 6.92 Å². The normalized spacial score (nSPS) is 13.0. The Labute approximate surface area is 155 Å². The molecule has 26 heavy (non-hydrogen) atoms. The Kier molecular flexibility index (Phi) is 7.54. The maximum Gasteiger partial charge on any atom is 0.308 e. The Morgan fingerprint density at radius 2 is 1.50 bits per heavy atom. The molecule has 0 spiro atoms. The third-order valence-corrected chi connectivity index (χ3v) is 4.35. The fourth-order valence-electron chi connectivity index (χ4n) is 2.89. The molecule has 0 fully saturated rings. The Morgan fingerprint density at radius 3 is 2.08 bits per heavy atom. The lowest BCUT2D eigenvalue weighted by Crippen LogP contribution is -2.25. The third kappa shape index (κ3) is 5.27. The molecule has 0 amide bonds. The largest absolute Gasteiger partial charge is 0.466 e. The molecule has 0 bridgehead atoms. The monoisotopic (exact) mass is 354 g/mol. The predicted octanol–water partition coefficient (Wildman–Crippen LogP) is 4.38. The molecule has 4 heteroatoms. The molecule has 0 aliphatic carbocycles. The molecule has 2 aromatic rings. The summed E-state index contributed by atoms with van der Waals surface area (Å²) >= 11 is 0. The quantitative estimate of drug-likeness (QED) is 0.495. The first-order valence-electron chi connectivity index (χ1n) is 9.03. The van der Waals surface area contributed by atoms with Gasteiger partial charge in [-0.25, -0.2) is 0 Å². The number of hydrogen-bond donors (Lipinski definition) is 0. The van der Waals surface area contributed by atoms with Gasteiger partial charge in [0.2, 0.25) is 0 Å². The van der Waals surface area contributed by atoms with Gasteiger partial charge in [-0.1, -0.05) is 61.5 Å². The van der Waals surface area contributed by atoms with Crippen molar-refractivity contribution in [1.29, 1.82) is 0 Å². The molecule has 0 aliphatic rings. The van der Waals surface area contributed by atoms with Gasteiger partial charge in [0.1, 0.15) is 0 Å². The van der Waals surface area contributed by atoms with Crippen molar-refractivity contribution < 1.29 is 19.1 Å². The molecule has 0 unspecified atom stereocenters. The van der Waals surface area contributed by atoms with Gasteiger partial charge in [0.05, 0.1) is 19.1 Å². The summed E-state index contributed by atoms with van der Waals surface area (Å²) in [5.41, 5.74) is 2.34. The fourth-order valence-corrected chi connectivity index (χ4v) is 2.89. The second kappa shape index (κ2) is 9.88. The van der Waals surface area contributed by atoms with Gasteiger partial charge in [-0.3, -0.25) is 9.59 Å². The zero-order chi connectivity index (χ0) is 18.9. The molecule has 0 N–H and O–H groups in total. The van der Waals surface area contributed by atoms with Gasteiger partial charge in [0.25, 0.3) is 0 Å². The van der Waals surface area contributed by atoms with E-state index in [0.717, 1.165) is 5.56 Å². The first kappa shape index (κ1) is 19.9. The summed E-state index contributed by atoms with van der Waals surface area (Å²) in [6.45, 7) is 6.61. The lowest BCUT2D eigenvalue weighted by atomic mass is 9.91. The van der Waals surface area contributed by atoms with Gasteiger partial charge in [0.15, 0.2) is 5.78 Å². The maximum atomic E-state index is 12.5. The molecule has 0 saturated heterocycles. The summed E-state index contributed by atoms with van der Waals surface area (Å²) in [4.78, 5) is 24.3. The molecule has 0 radical (unpaired) electrons. The van der Waals surface area contributed by atoms with Crippen LogP contribution in [0.1, 0.15) is 54.6 Å². The number of carbonyl (C=O) groups is 2. The second-order valence-electron chi connectivity index (χ2n) is 6.11. The zero-order valence-corrected chi connectivity index (χ0v) is 15.6. The van der Waals surface area contributed by atoms with Crippen molar-refractivity contribution in [3.63, 3.8) is 0 Å². The van der Waals surface area contributed by atoms with Gasteiger partial charge in [0, 0.05) is 23.7 Å². The van der Waals surface area contributed by atoms with E-state index in [9.17, 15) is 9.59 Å². The Morgan fingerprint density at radius 1 is 0.885 bits per heavy atom. The van der Waals surface area contributed by atoms with Gasteiger partial charge in [-0.15, -0.1) is 0 Å². The molecule has 0 aromatic heterocycles. The first-order valence-corrected chi connectivity index (χ1v) is 9.03. The van der Waals surface area contributed by atoms with Crippen LogP contribution in [0.2, 0.25) is 0 Å². The van der Waals surface area contributed by atoms with Crippen molar-refractivity contribution in [2.24, 2.45) is 0 Å². The Bertz CT molecular complexity index is 707. The average Bonchev–Trinajstić information content (AvgIpc) is 2.67. The summed E-state index contributed by atoms with van der Waals surface area (Å²) < 4.78 is 10.8. The summed E-state index contributed by atoms with van der Waals surface area (Å²) in [7, 11) is 0. The molecule has 2 rings (SSSR count). The standard InChI is InChI=1S/C22H26O4/c1-4-25-20(15-21(23)26-5-2)16(3)17-11-13-19(14-12-17)22(24)18-9-7-6-8-10-18/h6-14,16,20H,4-5,15H2,1-3H3/t16-,20-/m0/s1. The van der Waals surface area contributed by atoms with Crippen molar-refractivity contribution in [3.05, 3.63) is 71.3 Å². The smallest absolute Gasteiger partial charge is 0.308 e. The highest BCUT2D eigenvalue weighted by Crippen LogP contribution is 2.25. The van der Waals surface area contributed by atoms with Crippen molar-refractivity contribution in [2.75, 3.05) is 13.2 Å². The van der Waals surface area contributed by atoms with E-state index in [0.29, 0.717) is 24.3 Å². The van der Waals surface area contributed by atoms with Crippen LogP contribution in [-0.4, -0.2) is 31.1 Å². The lowest BCUT2D eigenvalue weighted by molar-refractivity contribution is -0.146. The van der Waals surface area contributed by atoms with E-state index >= 15 is 0 Å². The van der Waals surface area contributed by atoms with E-state index in [4.69, 9.17) is 9.47 Å². The first-order chi connectivity index (χ1) is 12.6. The molecular formula is C22H26O4. The minimum absolute atomic E-state index is 0.00214. The number of esters is 1. The number of benzene rings is 2. The van der Waals surface area contributed by atoms with Crippen molar-refractivity contribution >= 4 is 11.8 Å². The van der Waals surface area contributed by atoms with Crippen LogP contribution in [-0.2, 0) is 14.3 Å². The topological polar surface area (TPSA) is 52.6 Å². The zero-order valence-electron chi connectivity index (χ0n) is 15.6. The number of rotatable bonds is 9. The Hall–Kier alpha value is -2.46. The van der Waals surface area contributed by atoms with E-state index in [2.05, 4.69) is 0 Å².